The molecular formula is C89H150FN15O10S. The maximum Gasteiger partial charge on any atom is 0.407 e. The molecule has 27 heteroatoms. The zero-order chi connectivity index (χ0) is 81.7. The number of carbonyl (C=O) groups is 4. The predicted octanol–water partition coefficient (Wildman–Crippen LogP) is 9.84. The predicted molar refractivity (Wildman–Crippen MR) is 461 cm³/mol. The minimum Gasteiger partial charge on any atom is -0.445 e. The lowest BCUT2D eigenvalue weighted by Crippen LogP contribution is -2.52. The molecule has 25 nitrogen and oxygen atoms in total. The second-order valence-electron chi connectivity index (χ2n) is 36.4. The number of nitrogens with two attached hydrogens (primary N) is 2. The molecular weight excluding hydrogens is 1490 g/mol. The van der Waals surface area contributed by atoms with Gasteiger partial charge in [0.1, 0.15) is 25.6 Å². The highest BCUT2D eigenvalue weighted by Gasteiger charge is 2.65. The molecule has 12 aliphatic rings. The lowest BCUT2D eigenvalue weighted by molar-refractivity contribution is -0.128. The number of nitrogens with one attached hydrogen (secondary N) is 3. The van der Waals surface area contributed by atoms with Crippen molar-refractivity contribution in [1.82, 2.24) is 64.9 Å². The molecule has 0 radical (unpaired) electrons. The molecule has 0 unspecified atom stereocenters. The first-order valence-corrected chi connectivity index (χ1v) is 46.0. The van der Waals surface area contributed by atoms with Crippen molar-refractivity contribution in [2.45, 2.75) is 242 Å². The highest BCUT2D eigenvalue weighted by atomic mass is 32.2. The van der Waals surface area contributed by atoms with E-state index in [9.17, 15) is 27.6 Å². The summed E-state index contributed by atoms with van der Waals surface area (Å²) in [5.74, 6) is -0.101. The number of amides is 3. The van der Waals surface area contributed by atoms with Crippen molar-refractivity contribution in [3.05, 3.63) is 108 Å². The van der Waals surface area contributed by atoms with Gasteiger partial charge in [-0.15, -0.1) is 0 Å². The summed E-state index contributed by atoms with van der Waals surface area (Å²) in [4.78, 5) is 73.1. The van der Waals surface area contributed by atoms with Gasteiger partial charge in [0.05, 0.1) is 11.2 Å². The van der Waals surface area contributed by atoms with Crippen molar-refractivity contribution < 1.29 is 51.1 Å². The molecule has 3 amide bonds. The van der Waals surface area contributed by atoms with Crippen LogP contribution < -0.4 is 27.4 Å². The molecule has 12 atom stereocenters. The highest BCUT2D eigenvalue weighted by molar-refractivity contribution is 7.85. The third-order valence-corrected chi connectivity index (χ3v) is 28.6. The lowest BCUT2D eigenvalue weighted by atomic mass is 9.70. The fourth-order valence-corrected chi connectivity index (χ4v) is 21.4. The Morgan fingerprint density at radius 2 is 0.664 bits per heavy atom. The van der Waals surface area contributed by atoms with E-state index in [1.54, 1.807) is 0 Å². The molecule has 5 saturated heterocycles. The number of halogens is 1. The molecule has 7 saturated carbocycles. The van der Waals surface area contributed by atoms with E-state index in [4.69, 9.17) is 30.2 Å². The Bertz CT molecular complexity index is 3170. The smallest absolute Gasteiger partial charge is 0.407 e. The Labute approximate surface area is 696 Å². The molecule has 3 aromatic rings. The van der Waals surface area contributed by atoms with Crippen LogP contribution in [0.25, 0.3) is 0 Å². The van der Waals surface area contributed by atoms with E-state index in [2.05, 4.69) is 100 Å². The van der Waals surface area contributed by atoms with Crippen LogP contribution in [0.5, 0.6) is 0 Å². The van der Waals surface area contributed by atoms with Crippen molar-refractivity contribution in [3.8, 4) is 0 Å². The number of benzene rings is 3. The van der Waals surface area contributed by atoms with Gasteiger partial charge in [-0.3, -0.25) is 38.6 Å². The van der Waals surface area contributed by atoms with Crippen LogP contribution in [0.1, 0.15) is 178 Å². The van der Waals surface area contributed by atoms with Crippen LogP contribution in [-0.2, 0) is 48.9 Å². The lowest BCUT2D eigenvalue weighted by Gasteiger charge is -2.41. The van der Waals surface area contributed by atoms with Crippen LogP contribution in [0.3, 0.4) is 0 Å². The molecule has 5 aliphatic heterocycles. The van der Waals surface area contributed by atoms with Crippen LogP contribution in [0.2, 0.25) is 0 Å². The average Bonchev–Trinajstić information content (AvgIpc) is 1.55. The zero-order valence-electron chi connectivity index (χ0n) is 71.8. The van der Waals surface area contributed by atoms with Crippen LogP contribution in [-0.4, -0.2) is 318 Å². The summed E-state index contributed by atoms with van der Waals surface area (Å²) in [6, 6.07) is 34.5. The molecule has 3 aromatic carbocycles. The van der Waals surface area contributed by atoms with Gasteiger partial charge in [-0.05, 0) is 192 Å². The Balaban J connectivity index is 0.000000161. The van der Waals surface area contributed by atoms with Gasteiger partial charge < -0.3 is 66.1 Å². The van der Waals surface area contributed by atoms with Gasteiger partial charge in [-0.1, -0.05) is 118 Å². The molecule has 15 rings (SSSR count). The summed E-state index contributed by atoms with van der Waals surface area (Å²) in [5.41, 5.74) is 14.0. The number of hydrogen-bond acceptors (Lipinski definition) is 21. The molecule has 12 fully saturated rings. The largest absolute Gasteiger partial charge is 0.445 e. The van der Waals surface area contributed by atoms with E-state index in [-0.39, 0.29) is 58.2 Å². The second kappa shape index (κ2) is 47.6. The molecule has 116 heavy (non-hydrogen) atoms. The van der Waals surface area contributed by atoms with Crippen LogP contribution in [0, 0.1) is 16.7 Å². The summed E-state index contributed by atoms with van der Waals surface area (Å²) >= 11 is 0. The van der Waals surface area contributed by atoms with Crippen molar-refractivity contribution in [3.63, 3.8) is 0 Å². The third kappa shape index (κ3) is 30.6. The van der Waals surface area contributed by atoms with Gasteiger partial charge in [0.2, 0.25) is 0 Å². The monoisotopic (exact) mass is 1640 g/mol. The topological polar surface area (TPSA) is 271 Å². The Morgan fingerprint density at radius 3 is 0.897 bits per heavy atom. The van der Waals surface area contributed by atoms with Gasteiger partial charge in [0.25, 0.3) is 10.1 Å². The molecule has 8 N–H and O–H groups in total. The average molecular weight is 1640 g/mol. The van der Waals surface area contributed by atoms with E-state index in [0.29, 0.717) is 62.9 Å². The number of piperazine rings is 5. The van der Waals surface area contributed by atoms with E-state index >= 15 is 0 Å². The maximum atomic E-state index is 12.1. The van der Waals surface area contributed by atoms with Gasteiger partial charge >= 0.3 is 18.3 Å². The van der Waals surface area contributed by atoms with E-state index in [1.165, 1.54) is 142 Å². The van der Waals surface area contributed by atoms with Crippen LogP contribution in [0.15, 0.2) is 91.0 Å². The summed E-state index contributed by atoms with van der Waals surface area (Å²) in [5, 5.41) is 9.21. The quantitative estimate of drug-likeness (QED) is 0.0575. The van der Waals surface area contributed by atoms with E-state index < -0.39 is 21.3 Å². The van der Waals surface area contributed by atoms with Crippen molar-refractivity contribution in [2.24, 2.45) is 28.2 Å². The summed E-state index contributed by atoms with van der Waals surface area (Å²) in [7, 11) is 6.91. The number of hydrogen-bond donors (Lipinski definition) is 6. The normalized spacial score (nSPS) is 30.2. The fourth-order valence-electron chi connectivity index (χ4n) is 20.1. The summed E-state index contributed by atoms with van der Waals surface area (Å²) < 4.78 is 47.0. The third-order valence-electron chi connectivity index (χ3n) is 27.8. The molecule has 5 heterocycles. The zero-order valence-corrected chi connectivity index (χ0v) is 72.6. The molecule has 0 spiro atoms. The highest BCUT2D eigenvalue weighted by Crippen LogP contribution is 2.64. The standard InChI is InChI=1S/3C19H29N3O2.2C11H23N3.C10H16O4S.FH/c3*1-21-10-12-22(13-11-21)18-9-5-8-17(14-18)20-19(23)24-15-16-6-3-2-4-7-16;2*1-13-5-7-14(8-6-13)11-4-2-3-10(12)9-11;1-9(2)7-3-4-10(9,8(11)5-7)6-15(12,13)14;/h3*2-4,6-7,17-18H,5,8-15H2,1H3,(H,20,23);2*10-11H,2-9,12H2,1H3;7H,3-6H2,1-2H3,(H,12,13,14);1H/t3*17-,18+;2*10-,11+;7-,10-;/m100101./s1. The van der Waals surface area contributed by atoms with Gasteiger partial charge in [-0.2, -0.15) is 8.42 Å². The first-order chi connectivity index (χ1) is 55.3. The van der Waals surface area contributed by atoms with Crippen molar-refractivity contribution in [2.75, 3.05) is 172 Å². The number of alkyl carbamates (subject to hydrolysis) is 3. The van der Waals surface area contributed by atoms with Crippen LogP contribution >= 0.6 is 0 Å². The molecule has 654 valence electrons. The SMILES string of the molecule is CC1(C)[C@@H]2CC[C@@]1(CS(=O)(=O)O)C(=O)C2.CN1CCN([C@@H]2CCC[C@H](N)C2)CC1.CN1CCN([C@@H]2CCC[C@H](NC(=O)OCc3ccccc3)C2)CC1.CN1CCN([C@@H]2CCC[C@H](NC(=O)OCc3ccccc3)C2)CC1.CN1CCN([C@H]2CCC[C@@H](N)C2)CC1.CN1CCN([C@H]2CCC[C@@H](NC(=O)OCc3ccccc3)C2)CC1.F. The number of nitrogens with zero attached hydrogens (tertiary/aromatic N) is 10. The minimum atomic E-state index is -4.08. The number of ether oxygens (including phenoxy) is 3. The van der Waals surface area contributed by atoms with E-state index in [0.717, 1.165) is 152 Å². The van der Waals surface area contributed by atoms with Crippen molar-refractivity contribution >= 4 is 34.2 Å². The number of Topliss-reactive ketones (excluding diaryl/α,β-unsaturated/α-hetero) is 1. The number of fused-ring (bicyclic) bond motifs is 2. The number of rotatable bonds is 16. The molecule has 7 aliphatic carbocycles. The summed E-state index contributed by atoms with van der Waals surface area (Å²) in [6.07, 6.45) is 25.1. The summed E-state index contributed by atoms with van der Waals surface area (Å²) in [6.45, 7) is 28.5. The molecule has 2 bridgehead atoms. The van der Waals surface area contributed by atoms with Crippen molar-refractivity contribution in [1.29, 1.82) is 0 Å². The van der Waals surface area contributed by atoms with Gasteiger partial charge in [0, 0.05) is 198 Å². The Hall–Kier alpha value is -5.50. The van der Waals surface area contributed by atoms with Gasteiger partial charge in [0.15, 0.2) is 0 Å². The second-order valence-corrected chi connectivity index (χ2v) is 37.9. The number of carbonyl (C=O) groups excluding carboxylic acids is 4. The number of likely N-dealkylation sites (N-methyl/N-ethyl adjacent to an activating group) is 5. The molecule has 0 aromatic heterocycles. The van der Waals surface area contributed by atoms with Gasteiger partial charge in [-0.25, -0.2) is 14.4 Å². The Morgan fingerprint density at radius 1 is 0.405 bits per heavy atom. The fraction of sp³-hybridized carbons (Fsp3) is 0.753. The number of ketones is 1. The van der Waals surface area contributed by atoms with Crippen LogP contribution in [0.4, 0.5) is 19.1 Å². The minimum absolute atomic E-state index is 0. The van der Waals surface area contributed by atoms with E-state index in [1.807, 2.05) is 105 Å². The maximum absolute atomic E-state index is 12.1. The Kier molecular flexibility index (Phi) is 38.7. The first-order valence-electron chi connectivity index (χ1n) is 44.4. The first kappa shape index (κ1) is 94.4.